The number of carbonyl (C=O) groups excluding carboxylic acids is 1. The first-order valence-corrected chi connectivity index (χ1v) is 6.70. The molecule has 5 nitrogen and oxygen atoms in total. The summed E-state index contributed by atoms with van der Waals surface area (Å²) in [6, 6.07) is -0.169. The maximum absolute atomic E-state index is 11.3. The van der Waals surface area contributed by atoms with Gasteiger partial charge in [-0.2, -0.15) is 0 Å². The number of nitrogens with one attached hydrogen (secondary N) is 1. The minimum absolute atomic E-state index is 0.144. The van der Waals surface area contributed by atoms with Gasteiger partial charge in [-0.15, -0.1) is 0 Å². The van der Waals surface area contributed by atoms with Crippen molar-refractivity contribution in [3.05, 3.63) is 12.7 Å². The second-order valence-electron chi connectivity index (χ2n) is 3.72. The summed E-state index contributed by atoms with van der Waals surface area (Å²) >= 11 is 0. The molecule has 1 aliphatic rings. The van der Waals surface area contributed by atoms with Crippen LogP contribution in [0.5, 0.6) is 0 Å². The van der Waals surface area contributed by atoms with E-state index in [1.807, 2.05) is 0 Å². The fourth-order valence-electron chi connectivity index (χ4n) is 1.71. The van der Waals surface area contributed by atoms with Crippen molar-refractivity contribution in [2.45, 2.75) is 18.9 Å². The van der Waals surface area contributed by atoms with Crippen LogP contribution >= 0.6 is 0 Å². The molecule has 1 unspecified atom stereocenters. The third-order valence-corrected chi connectivity index (χ3v) is 3.05. The summed E-state index contributed by atoms with van der Waals surface area (Å²) in [6.45, 7) is 4.51. The molecular weight excluding hydrogens is 216 g/mol. The molecule has 1 aliphatic heterocycles. The number of amides is 1. The van der Waals surface area contributed by atoms with Gasteiger partial charge in [0, 0.05) is 19.1 Å². The molecule has 0 aromatic heterocycles. The molecule has 0 aromatic rings. The smallest absolute Gasteiger partial charge is 0.246 e. The van der Waals surface area contributed by atoms with Crippen LogP contribution < -0.4 is 4.72 Å². The van der Waals surface area contributed by atoms with Gasteiger partial charge in [0.05, 0.1) is 6.26 Å². The van der Waals surface area contributed by atoms with Crippen LogP contribution in [0.4, 0.5) is 0 Å². The van der Waals surface area contributed by atoms with Crippen LogP contribution in [-0.4, -0.2) is 44.6 Å². The quantitative estimate of drug-likeness (QED) is 0.680. The standard InChI is InChI=1S/C9H16N2O3S/c1-3-9(12)11-6-4-5-8(7-11)10-15(2,13)14/h3,8,10H,1,4-7H2,2H3. The lowest BCUT2D eigenvalue weighted by atomic mass is 10.1. The average molecular weight is 232 g/mol. The summed E-state index contributed by atoms with van der Waals surface area (Å²) in [4.78, 5) is 12.9. The Kier molecular flexibility index (Phi) is 3.87. The number of hydrogen-bond donors (Lipinski definition) is 1. The highest BCUT2D eigenvalue weighted by Gasteiger charge is 2.23. The van der Waals surface area contributed by atoms with Crippen molar-refractivity contribution in [2.24, 2.45) is 0 Å². The maximum Gasteiger partial charge on any atom is 0.246 e. The molecule has 0 radical (unpaired) electrons. The zero-order valence-corrected chi connectivity index (χ0v) is 9.59. The molecule has 1 N–H and O–H groups in total. The van der Waals surface area contributed by atoms with Gasteiger partial charge in [0.15, 0.2) is 0 Å². The van der Waals surface area contributed by atoms with E-state index in [1.165, 1.54) is 6.08 Å². The Labute approximate surface area is 90.2 Å². The molecule has 0 aliphatic carbocycles. The van der Waals surface area contributed by atoms with Crippen molar-refractivity contribution in [1.29, 1.82) is 0 Å². The predicted molar refractivity (Wildman–Crippen MR) is 57.8 cm³/mol. The number of sulfonamides is 1. The molecule has 1 heterocycles. The van der Waals surface area contributed by atoms with E-state index in [0.29, 0.717) is 13.1 Å². The van der Waals surface area contributed by atoms with Crippen LogP contribution in [0, 0.1) is 0 Å². The van der Waals surface area contributed by atoms with Gasteiger partial charge in [-0.1, -0.05) is 6.58 Å². The van der Waals surface area contributed by atoms with Crippen LogP contribution in [-0.2, 0) is 14.8 Å². The lowest BCUT2D eigenvalue weighted by molar-refractivity contribution is -0.127. The van der Waals surface area contributed by atoms with Crippen molar-refractivity contribution in [2.75, 3.05) is 19.3 Å². The molecule has 1 saturated heterocycles. The minimum Gasteiger partial charge on any atom is -0.338 e. The molecular formula is C9H16N2O3S. The third kappa shape index (κ3) is 4.01. The predicted octanol–water partition coefficient (Wildman–Crippen LogP) is -0.287. The lowest BCUT2D eigenvalue weighted by Gasteiger charge is -2.31. The number of likely N-dealkylation sites (tertiary alicyclic amines) is 1. The average Bonchev–Trinajstić information content (AvgIpc) is 2.14. The monoisotopic (exact) mass is 232 g/mol. The summed E-state index contributed by atoms with van der Waals surface area (Å²) in [7, 11) is -3.19. The number of rotatable bonds is 3. The van der Waals surface area contributed by atoms with Gasteiger partial charge in [0.25, 0.3) is 0 Å². The Hall–Kier alpha value is -0.880. The van der Waals surface area contributed by atoms with Gasteiger partial charge in [-0.25, -0.2) is 13.1 Å². The Morgan fingerprint density at radius 3 is 2.80 bits per heavy atom. The van der Waals surface area contributed by atoms with Gasteiger partial charge in [-0.3, -0.25) is 4.79 Å². The number of hydrogen-bond acceptors (Lipinski definition) is 3. The first kappa shape index (κ1) is 12.2. The summed E-state index contributed by atoms with van der Waals surface area (Å²) in [5.41, 5.74) is 0. The third-order valence-electron chi connectivity index (χ3n) is 2.29. The van der Waals surface area contributed by atoms with Gasteiger partial charge >= 0.3 is 0 Å². The van der Waals surface area contributed by atoms with E-state index < -0.39 is 10.0 Å². The van der Waals surface area contributed by atoms with E-state index in [2.05, 4.69) is 11.3 Å². The van der Waals surface area contributed by atoms with Gasteiger partial charge < -0.3 is 4.90 Å². The maximum atomic E-state index is 11.3. The van der Waals surface area contributed by atoms with Crippen LogP contribution in [0.3, 0.4) is 0 Å². The Bertz CT molecular complexity index is 350. The largest absolute Gasteiger partial charge is 0.338 e. The molecule has 86 valence electrons. The van der Waals surface area contributed by atoms with Crippen LogP contribution in [0.2, 0.25) is 0 Å². The Morgan fingerprint density at radius 2 is 2.27 bits per heavy atom. The molecule has 6 heteroatoms. The van der Waals surface area contributed by atoms with E-state index in [4.69, 9.17) is 0 Å². The van der Waals surface area contributed by atoms with Gasteiger partial charge in [-0.05, 0) is 18.9 Å². The highest BCUT2D eigenvalue weighted by molar-refractivity contribution is 7.88. The zero-order chi connectivity index (χ0) is 11.5. The Morgan fingerprint density at radius 1 is 1.60 bits per heavy atom. The molecule has 0 aromatic carbocycles. The molecule has 1 fully saturated rings. The summed E-state index contributed by atoms with van der Waals surface area (Å²) in [5.74, 6) is -0.144. The lowest BCUT2D eigenvalue weighted by Crippen LogP contribution is -2.48. The fourth-order valence-corrected chi connectivity index (χ4v) is 2.50. The van der Waals surface area contributed by atoms with Crippen LogP contribution in [0.1, 0.15) is 12.8 Å². The van der Waals surface area contributed by atoms with Crippen molar-refractivity contribution in [3.8, 4) is 0 Å². The van der Waals surface area contributed by atoms with Crippen LogP contribution in [0.15, 0.2) is 12.7 Å². The molecule has 1 rings (SSSR count). The van der Waals surface area contributed by atoms with E-state index >= 15 is 0 Å². The summed E-state index contributed by atoms with van der Waals surface area (Å²) in [6.07, 6.45) is 3.96. The SMILES string of the molecule is C=CC(=O)N1CCCC(NS(C)(=O)=O)C1. The molecule has 0 bridgehead atoms. The molecule has 0 saturated carbocycles. The first-order chi connectivity index (χ1) is 6.92. The van der Waals surface area contributed by atoms with E-state index in [9.17, 15) is 13.2 Å². The number of piperidine rings is 1. The van der Waals surface area contributed by atoms with Crippen LogP contribution in [0.25, 0.3) is 0 Å². The van der Waals surface area contributed by atoms with Gasteiger partial charge in [0.1, 0.15) is 0 Å². The molecule has 1 atom stereocenters. The second kappa shape index (κ2) is 4.76. The fraction of sp³-hybridized carbons (Fsp3) is 0.667. The van der Waals surface area contributed by atoms with Crippen molar-refractivity contribution < 1.29 is 13.2 Å². The van der Waals surface area contributed by atoms with Crippen molar-refractivity contribution in [3.63, 3.8) is 0 Å². The van der Waals surface area contributed by atoms with Gasteiger partial charge in [0.2, 0.25) is 15.9 Å². The second-order valence-corrected chi connectivity index (χ2v) is 5.50. The van der Waals surface area contributed by atoms with Crippen molar-refractivity contribution in [1.82, 2.24) is 9.62 Å². The number of carbonyl (C=O) groups is 1. The zero-order valence-electron chi connectivity index (χ0n) is 8.77. The highest BCUT2D eigenvalue weighted by atomic mass is 32.2. The summed E-state index contributed by atoms with van der Waals surface area (Å²) in [5, 5.41) is 0. The van der Waals surface area contributed by atoms with E-state index in [-0.39, 0.29) is 11.9 Å². The molecule has 1 amide bonds. The summed E-state index contributed by atoms with van der Waals surface area (Å²) < 4.78 is 24.5. The normalized spacial score (nSPS) is 22.5. The first-order valence-electron chi connectivity index (χ1n) is 4.81. The molecule has 15 heavy (non-hydrogen) atoms. The highest BCUT2D eigenvalue weighted by Crippen LogP contribution is 2.11. The number of nitrogens with zero attached hydrogens (tertiary/aromatic N) is 1. The van der Waals surface area contributed by atoms with Crippen molar-refractivity contribution >= 4 is 15.9 Å². The van der Waals surface area contributed by atoms with E-state index in [0.717, 1.165) is 19.1 Å². The van der Waals surface area contributed by atoms with E-state index in [1.54, 1.807) is 4.90 Å². The Balaban J connectivity index is 2.56. The molecule has 0 spiro atoms. The minimum atomic E-state index is -3.19. The topological polar surface area (TPSA) is 66.5 Å².